The van der Waals surface area contributed by atoms with E-state index in [2.05, 4.69) is 34.4 Å². The number of aromatic nitrogens is 4. The van der Waals surface area contributed by atoms with Crippen LogP contribution < -0.4 is 0 Å². The average molecular weight is 367 g/mol. The summed E-state index contributed by atoms with van der Waals surface area (Å²) in [5.74, 6) is -0.0547. The van der Waals surface area contributed by atoms with Crippen LogP contribution >= 0.6 is 11.3 Å². The van der Waals surface area contributed by atoms with Crippen LogP contribution in [0.15, 0.2) is 42.0 Å². The van der Waals surface area contributed by atoms with E-state index in [9.17, 15) is 4.79 Å². The summed E-state index contributed by atoms with van der Waals surface area (Å²) in [6.07, 6.45) is 6.65. The molecule has 0 spiro atoms. The lowest BCUT2D eigenvalue weighted by molar-refractivity contribution is 0.0605. The molecule has 1 aliphatic heterocycles. The third kappa shape index (κ3) is 3.39. The van der Waals surface area contributed by atoms with Crippen molar-refractivity contribution in [2.45, 2.75) is 38.8 Å². The van der Waals surface area contributed by atoms with Crippen molar-refractivity contribution in [2.75, 3.05) is 6.54 Å². The number of hydrogen-bond acceptors (Lipinski definition) is 5. The summed E-state index contributed by atoms with van der Waals surface area (Å²) in [5.41, 5.74) is 2.79. The van der Waals surface area contributed by atoms with Gasteiger partial charge in [-0.3, -0.25) is 4.79 Å². The minimum absolute atomic E-state index is 0.0535. The largest absolute Gasteiger partial charge is 0.328 e. The molecule has 7 heteroatoms. The van der Waals surface area contributed by atoms with Crippen LogP contribution in [0.2, 0.25) is 0 Å². The quantitative estimate of drug-likeness (QED) is 0.708. The Hall–Kier alpha value is -2.54. The summed E-state index contributed by atoms with van der Waals surface area (Å²) >= 11 is 1.61. The topological polar surface area (TPSA) is 63.9 Å². The van der Waals surface area contributed by atoms with Gasteiger partial charge in [0.2, 0.25) is 0 Å². The summed E-state index contributed by atoms with van der Waals surface area (Å²) in [4.78, 5) is 19.4. The van der Waals surface area contributed by atoms with Crippen molar-refractivity contribution in [1.29, 1.82) is 0 Å². The number of nitrogens with zero attached hydrogens (tertiary/aromatic N) is 5. The highest BCUT2D eigenvalue weighted by molar-refractivity contribution is 7.09. The van der Waals surface area contributed by atoms with Gasteiger partial charge in [0.05, 0.1) is 18.8 Å². The maximum atomic E-state index is 13.0. The van der Waals surface area contributed by atoms with Gasteiger partial charge in [-0.1, -0.05) is 29.5 Å². The molecule has 1 atom stereocenters. The van der Waals surface area contributed by atoms with Crippen molar-refractivity contribution in [3.8, 4) is 0 Å². The first kappa shape index (κ1) is 16.9. The van der Waals surface area contributed by atoms with Crippen molar-refractivity contribution in [3.63, 3.8) is 0 Å². The van der Waals surface area contributed by atoms with Crippen LogP contribution in [-0.4, -0.2) is 37.3 Å². The molecule has 1 aromatic carbocycles. The SMILES string of the molecule is Cc1ccccc1Cn1cc(C(=O)N2CCCC[C@H]2c2nccs2)nn1. The average Bonchev–Trinajstić information content (AvgIpc) is 3.35. The molecular weight excluding hydrogens is 346 g/mol. The van der Waals surface area contributed by atoms with E-state index >= 15 is 0 Å². The molecule has 0 unspecified atom stereocenters. The molecule has 2 aromatic heterocycles. The predicted octanol–water partition coefficient (Wildman–Crippen LogP) is 3.46. The number of benzene rings is 1. The Kier molecular flexibility index (Phi) is 4.79. The highest BCUT2D eigenvalue weighted by atomic mass is 32.1. The standard InChI is InChI=1S/C19H21N5OS/c1-14-6-2-3-7-15(14)12-23-13-16(21-22-23)19(25)24-10-5-4-8-17(24)18-20-9-11-26-18/h2-3,6-7,9,11,13,17H,4-5,8,10,12H2,1H3/t17-/m0/s1. The second-order valence-corrected chi connectivity index (χ2v) is 7.53. The van der Waals surface area contributed by atoms with Gasteiger partial charge in [0.1, 0.15) is 5.01 Å². The van der Waals surface area contributed by atoms with E-state index in [0.29, 0.717) is 12.2 Å². The number of likely N-dealkylation sites (tertiary alicyclic amines) is 1. The summed E-state index contributed by atoms with van der Waals surface area (Å²) < 4.78 is 1.73. The molecule has 1 amide bonds. The second-order valence-electron chi connectivity index (χ2n) is 6.61. The van der Waals surface area contributed by atoms with Crippen LogP contribution in [0.1, 0.15) is 51.9 Å². The Bertz CT molecular complexity index is 889. The maximum absolute atomic E-state index is 13.0. The van der Waals surface area contributed by atoms with Crippen molar-refractivity contribution >= 4 is 17.2 Å². The summed E-state index contributed by atoms with van der Waals surface area (Å²) in [5, 5.41) is 11.3. The van der Waals surface area contributed by atoms with Crippen molar-refractivity contribution in [2.24, 2.45) is 0 Å². The van der Waals surface area contributed by atoms with Gasteiger partial charge < -0.3 is 4.90 Å². The summed E-state index contributed by atoms with van der Waals surface area (Å²) in [6, 6.07) is 8.23. The lowest BCUT2D eigenvalue weighted by Gasteiger charge is -2.33. The molecule has 0 N–H and O–H groups in total. The lowest BCUT2D eigenvalue weighted by atomic mass is 10.0. The van der Waals surface area contributed by atoms with E-state index < -0.39 is 0 Å². The first-order valence-electron chi connectivity index (χ1n) is 8.87. The molecular formula is C19H21N5OS. The monoisotopic (exact) mass is 367 g/mol. The van der Waals surface area contributed by atoms with Gasteiger partial charge in [-0.15, -0.1) is 16.4 Å². The number of carbonyl (C=O) groups is 1. The molecule has 0 aliphatic carbocycles. The predicted molar refractivity (Wildman–Crippen MR) is 100 cm³/mol. The summed E-state index contributed by atoms with van der Waals surface area (Å²) in [7, 11) is 0. The Morgan fingerprint density at radius 1 is 1.31 bits per heavy atom. The zero-order valence-electron chi connectivity index (χ0n) is 14.7. The van der Waals surface area contributed by atoms with E-state index in [4.69, 9.17) is 0 Å². The number of hydrogen-bond donors (Lipinski definition) is 0. The molecule has 134 valence electrons. The molecule has 4 rings (SSSR count). The van der Waals surface area contributed by atoms with Crippen molar-refractivity contribution in [1.82, 2.24) is 24.9 Å². The smallest absolute Gasteiger partial charge is 0.276 e. The van der Waals surface area contributed by atoms with Crippen LogP contribution in [0, 0.1) is 6.92 Å². The molecule has 3 aromatic rings. The lowest BCUT2D eigenvalue weighted by Crippen LogP contribution is -2.38. The Balaban J connectivity index is 1.53. The fourth-order valence-corrected chi connectivity index (χ4v) is 4.20. The van der Waals surface area contributed by atoms with Crippen LogP contribution in [0.5, 0.6) is 0 Å². The molecule has 0 saturated carbocycles. The first-order chi connectivity index (χ1) is 12.7. The number of aryl methyl sites for hydroxylation is 1. The van der Waals surface area contributed by atoms with E-state index in [0.717, 1.165) is 30.8 Å². The molecule has 1 fully saturated rings. The Morgan fingerprint density at radius 3 is 3.00 bits per heavy atom. The Morgan fingerprint density at radius 2 is 2.19 bits per heavy atom. The minimum atomic E-state index is -0.0547. The zero-order valence-corrected chi connectivity index (χ0v) is 15.5. The number of piperidine rings is 1. The van der Waals surface area contributed by atoms with Gasteiger partial charge in [-0.25, -0.2) is 9.67 Å². The molecule has 1 aliphatic rings. The Labute approximate surface area is 156 Å². The molecule has 26 heavy (non-hydrogen) atoms. The van der Waals surface area contributed by atoms with Crippen molar-refractivity contribution in [3.05, 3.63) is 63.9 Å². The molecule has 3 heterocycles. The minimum Gasteiger partial charge on any atom is -0.328 e. The molecule has 6 nitrogen and oxygen atoms in total. The van der Waals surface area contributed by atoms with E-state index in [1.807, 2.05) is 22.4 Å². The number of amides is 1. The highest BCUT2D eigenvalue weighted by Gasteiger charge is 2.31. The van der Waals surface area contributed by atoms with Gasteiger partial charge in [0.25, 0.3) is 5.91 Å². The normalized spacial score (nSPS) is 17.4. The third-order valence-corrected chi connectivity index (χ3v) is 5.73. The van der Waals surface area contributed by atoms with Gasteiger partial charge in [-0.05, 0) is 37.3 Å². The molecule has 0 bridgehead atoms. The maximum Gasteiger partial charge on any atom is 0.276 e. The van der Waals surface area contributed by atoms with Crippen LogP contribution in [0.4, 0.5) is 0 Å². The van der Waals surface area contributed by atoms with E-state index in [-0.39, 0.29) is 11.9 Å². The number of carbonyl (C=O) groups excluding carboxylic acids is 1. The third-order valence-electron chi connectivity index (χ3n) is 4.85. The van der Waals surface area contributed by atoms with Crippen LogP contribution in [0.3, 0.4) is 0 Å². The first-order valence-corrected chi connectivity index (χ1v) is 9.75. The highest BCUT2D eigenvalue weighted by Crippen LogP contribution is 2.32. The fraction of sp³-hybridized carbons (Fsp3) is 0.368. The second kappa shape index (κ2) is 7.37. The van der Waals surface area contributed by atoms with Crippen LogP contribution in [-0.2, 0) is 6.54 Å². The fourth-order valence-electron chi connectivity index (χ4n) is 3.41. The van der Waals surface area contributed by atoms with Gasteiger partial charge in [-0.2, -0.15) is 0 Å². The van der Waals surface area contributed by atoms with E-state index in [1.54, 1.807) is 28.4 Å². The van der Waals surface area contributed by atoms with Gasteiger partial charge >= 0.3 is 0 Å². The number of thiazole rings is 1. The van der Waals surface area contributed by atoms with Crippen molar-refractivity contribution < 1.29 is 4.79 Å². The summed E-state index contributed by atoms with van der Waals surface area (Å²) in [6.45, 7) is 3.43. The molecule has 1 saturated heterocycles. The molecule has 0 radical (unpaired) electrons. The van der Waals surface area contributed by atoms with E-state index in [1.165, 1.54) is 11.1 Å². The van der Waals surface area contributed by atoms with Gasteiger partial charge in [0, 0.05) is 18.1 Å². The van der Waals surface area contributed by atoms with Gasteiger partial charge in [0.15, 0.2) is 5.69 Å². The number of rotatable bonds is 4. The van der Waals surface area contributed by atoms with Crippen LogP contribution in [0.25, 0.3) is 0 Å². The zero-order chi connectivity index (χ0) is 17.9.